The van der Waals surface area contributed by atoms with Gasteiger partial charge in [-0.2, -0.15) is 0 Å². The maximum Gasteiger partial charge on any atom is 0.233 e. The van der Waals surface area contributed by atoms with Crippen LogP contribution in [0.25, 0.3) is 0 Å². The third kappa shape index (κ3) is 4.30. The summed E-state index contributed by atoms with van der Waals surface area (Å²) in [6.07, 6.45) is 7.07. The summed E-state index contributed by atoms with van der Waals surface area (Å²) < 4.78 is 0. The van der Waals surface area contributed by atoms with E-state index in [1.807, 2.05) is 13.0 Å². The van der Waals surface area contributed by atoms with Crippen molar-refractivity contribution in [3.05, 3.63) is 36.0 Å². The molecule has 2 fully saturated rings. The Kier molecular flexibility index (Phi) is 6.01. The van der Waals surface area contributed by atoms with E-state index >= 15 is 0 Å². The summed E-state index contributed by atoms with van der Waals surface area (Å²) >= 11 is 0. The van der Waals surface area contributed by atoms with Gasteiger partial charge in [0.05, 0.1) is 11.8 Å². The van der Waals surface area contributed by atoms with E-state index in [4.69, 9.17) is 0 Å². The molecular formula is C22H28N6O3. The highest BCUT2D eigenvalue weighted by atomic mass is 16.2. The van der Waals surface area contributed by atoms with Crippen LogP contribution in [0.15, 0.2) is 35.5 Å². The fraction of sp³-hybridized carbons (Fsp3) is 0.500. The zero-order valence-electron chi connectivity index (χ0n) is 17.8. The lowest BCUT2D eigenvalue weighted by molar-refractivity contribution is -0.140. The number of carbonyl (C=O) groups is 3. The van der Waals surface area contributed by atoms with Crippen LogP contribution in [0.3, 0.4) is 0 Å². The smallest absolute Gasteiger partial charge is 0.233 e. The zero-order valence-corrected chi connectivity index (χ0v) is 17.8. The zero-order chi connectivity index (χ0) is 22.0. The molecule has 9 nitrogen and oxygen atoms in total. The van der Waals surface area contributed by atoms with Gasteiger partial charge in [0.1, 0.15) is 5.82 Å². The van der Waals surface area contributed by atoms with Gasteiger partial charge in [0.15, 0.2) is 5.96 Å². The summed E-state index contributed by atoms with van der Waals surface area (Å²) in [5, 5.41) is 8.92. The molecule has 0 spiro atoms. The number of likely N-dealkylation sites (tertiary alicyclic amines) is 1. The third-order valence-corrected chi connectivity index (χ3v) is 6.24. The number of anilines is 1. The first-order valence-electron chi connectivity index (χ1n) is 10.7. The molecule has 164 valence electrons. The Balaban J connectivity index is 1.17. The molecule has 0 radical (unpaired) electrons. The molecule has 1 aromatic rings. The molecule has 3 aliphatic rings. The molecule has 1 aromatic heterocycles. The predicted octanol–water partition coefficient (Wildman–Crippen LogP) is 0.691. The number of pyridine rings is 1. The van der Waals surface area contributed by atoms with E-state index in [-0.39, 0.29) is 47.8 Å². The van der Waals surface area contributed by atoms with Crippen LogP contribution in [-0.4, -0.2) is 60.2 Å². The number of allylic oxidation sites excluding steroid dienone is 2. The normalized spacial score (nSPS) is 26.4. The van der Waals surface area contributed by atoms with Gasteiger partial charge in [0.25, 0.3) is 0 Å². The summed E-state index contributed by atoms with van der Waals surface area (Å²) in [5.41, 5.74) is 1.03. The number of aliphatic imine (C=N–C) groups is 1. The van der Waals surface area contributed by atoms with Crippen molar-refractivity contribution in [3.8, 4) is 0 Å². The first-order chi connectivity index (χ1) is 15.0. The molecule has 31 heavy (non-hydrogen) atoms. The molecule has 1 saturated heterocycles. The van der Waals surface area contributed by atoms with Crippen LogP contribution in [0, 0.1) is 30.6 Å². The average Bonchev–Trinajstić information content (AvgIpc) is 3.44. The Labute approximate surface area is 181 Å². The highest BCUT2D eigenvalue weighted by Gasteiger charge is 2.58. The molecule has 3 N–H and O–H groups in total. The highest BCUT2D eigenvalue weighted by Crippen LogP contribution is 2.52. The molecule has 2 heterocycles. The number of amides is 3. The maximum absolute atomic E-state index is 12.7. The summed E-state index contributed by atoms with van der Waals surface area (Å²) in [6, 6.07) is 3.65. The van der Waals surface area contributed by atoms with E-state index in [2.05, 4.69) is 38.1 Å². The van der Waals surface area contributed by atoms with Crippen LogP contribution in [-0.2, 0) is 14.4 Å². The second-order valence-corrected chi connectivity index (χ2v) is 8.27. The number of carbonyl (C=O) groups excluding carboxylic acids is 3. The van der Waals surface area contributed by atoms with E-state index in [9.17, 15) is 14.4 Å². The molecular weight excluding hydrogens is 396 g/mol. The number of aromatic nitrogens is 1. The van der Waals surface area contributed by atoms with Crippen molar-refractivity contribution in [2.75, 3.05) is 32.0 Å². The predicted molar refractivity (Wildman–Crippen MR) is 116 cm³/mol. The molecule has 2 bridgehead atoms. The Bertz CT molecular complexity index is 896. The Morgan fingerprint density at radius 2 is 1.81 bits per heavy atom. The van der Waals surface area contributed by atoms with Gasteiger partial charge in [-0.25, -0.2) is 4.98 Å². The van der Waals surface area contributed by atoms with Crippen LogP contribution < -0.4 is 16.0 Å². The Morgan fingerprint density at radius 1 is 1.13 bits per heavy atom. The molecule has 1 saturated carbocycles. The number of aryl methyl sites for hydroxylation is 1. The lowest BCUT2D eigenvalue weighted by atomic mass is 9.85. The molecule has 1 aliphatic heterocycles. The topological polar surface area (TPSA) is 116 Å². The van der Waals surface area contributed by atoms with Crippen molar-refractivity contribution in [2.45, 2.75) is 19.8 Å². The minimum Gasteiger partial charge on any atom is -0.356 e. The lowest BCUT2D eigenvalue weighted by Crippen LogP contribution is -2.44. The molecule has 4 rings (SSSR count). The lowest BCUT2D eigenvalue weighted by Gasteiger charge is -2.18. The highest BCUT2D eigenvalue weighted by molar-refractivity contribution is 6.06. The molecule has 2 aliphatic carbocycles. The average molecular weight is 425 g/mol. The number of guanidine groups is 1. The van der Waals surface area contributed by atoms with Crippen LogP contribution >= 0.6 is 0 Å². The summed E-state index contributed by atoms with van der Waals surface area (Å²) in [6.45, 7) is 3.03. The van der Waals surface area contributed by atoms with Gasteiger partial charge in [-0.3, -0.25) is 24.3 Å². The Hall–Kier alpha value is -3.23. The van der Waals surface area contributed by atoms with Gasteiger partial charge in [-0.05, 0) is 36.8 Å². The van der Waals surface area contributed by atoms with Crippen molar-refractivity contribution in [1.82, 2.24) is 20.5 Å². The molecule has 0 aromatic carbocycles. The van der Waals surface area contributed by atoms with Gasteiger partial charge in [0.2, 0.25) is 17.7 Å². The Morgan fingerprint density at radius 3 is 2.42 bits per heavy atom. The largest absolute Gasteiger partial charge is 0.356 e. The summed E-state index contributed by atoms with van der Waals surface area (Å²) in [4.78, 5) is 47.1. The molecule has 4 unspecified atom stereocenters. The fourth-order valence-electron chi connectivity index (χ4n) is 4.73. The van der Waals surface area contributed by atoms with Crippen LogP contribution in [0.4, 0.5) is 5.82 Å². The number of imide groups is 1. The maximum atomic E-state index is 12.7. The summed E-state index contributed by atoms with van der Waals surface area (Å²) in [7, 11) is 1.63. The number of nitrogens with zero attached hydrogens (tertiary/aromatic N) is 3. The minimum atomic E-state index is -0.165. The van der Waals surface area contributed by atoms with Crippen molar-refractivity contribution in [3.63, 3.8) is 0 Å². The number of fused-ring (bicyclic) bond motifs is 5. The molecule has 3 amide bonds. The van der Waals surface area contributed by atoms with Crippen molar-refractivity contribution >= 4 is 29.5 Å². The van der Waals surface area contributed by atoms with Crippen LogP contribution in [0.2, 0.25) is 0 Å². The number of hydrogen-bond donors (Lipinski definition) is 3. The number of hydrogen-bond acceptors (Lipinski definition) is 5. The van der Waals surface area contributed by atoms with E-state index in [1.165, 1.54) is 4.90 Å². The van der Waals surface area contributed by atoms with E-state index in [1.54, 1.807) is 19.3 Å². The van der Waals surface area contributed by atoms with E-state index in [0.717, 1.165) is 12.0 Å². The van der Waals surface area contributed by atoms with E-state index in [0.29, 0.717) is 31.4 Å². The van der Waals surface area contributed by atoms with Crippen molar-refractivity contribution in [1.29, 1.82) is 0 Å². The fourth-order valence-corrected chi connectivity index (χ4v) is 4.73. The van der Waals surface area contributed by atoms with Gasteiger partial charge in [0, 0.05) is 39.3 Å². The SMILES string of the molecule is CN=C(NCCC(=O)Nc1ccc(C)cn1)NCCN1C(=O)C2C3C=CC(C3)C2C1=O. The summed E-state index contributed by atoms with van der Waals surface area (Å²) in [5.74, 6) is 0.912. The monoisotopic (exact) mass is 424 g/mol. The molecule has 9 heteroatoms. The van der Waals surface area contributed by atoms with Gasteiger partial charge in [-0.1, -0.05) is 18.2 Å². The standard InChI is InChI=1S/C22H28N6O3/c1-13-3-6-16(26-12-13)27-17(29)7-8-24-22(23-2)25-9-10-28-20(30)18-14-4-5-15(11-14)19(18)21(28)31/h3-6,12,14-15,18-19H,7-11H2,1-2H3,(H2,23,24,25)(H,26,27,29). The van der Waals surface area contributed by atoms with E-state index < -0.39 is 0 Å². The number of nitrogens with one attached hydrogen (secondary N) is 3. The van der Waals surface area contributed by atoms with Crippen LogP contribution in [0.1, 0.15) is 18.4 Å². The van der Waals surface area contributed by atoms with Gasteiger partial charge < -0.3 is 16.0 Å². The van der Waals surface area contributed by atoms with Gasteiger partial charge in [-0.15, -0.1) is 0 Å². The third-order valence-electron chi connectivity index (χ3n) is 6.24. The minimum absolute atomic E-state index is 0.0435. The second kappa shape index (κ2) is 8.87. The molecule has 4 atom stereocenters. The second-order valence-electron chi connectivity index (χ2n) is 8.27. The van der Waals surface area contributed by atoms with Crippen LogP contribution in [0.5, 0.6) is 0 Å². The first-order valence-corrected chi connectivity index (χ1v) is 10.7. The van der Waals surface area contributed by atoms with Crippen molar-refractivity contribution < 1.29 is 14.4 Å². The van der Waals surface area contributed by atoms with Gasteiger partial charge >= 0.3 is 0 Å². The number of rotatable bonds is 7. The van der Waals surface area contributed by atoms with Crippen molar-refractivity contribution in [2.24, 2.45) is 28.7 Å². The first kappa shape index (κ1) is 21.0. The quantitative estimate of drug-likeness (QED) is 0.257.